The number of hydrogen-bond donors (Lipinski definition) is 1. The molecular formula is C15H16FNO3. The average Bonchev–Trinajstić information content (AvgIpc) is 2.44. The Labute approximate surface area is 115 Å². The first-order valence-electron chi connectivity index (χ1n) is 6.53. The number of halogens is 1. The van der Waals surface area contributed by atoms with Crippen molar-refractivity contribution in [2.75, 3.05) is 6.54 Å². The Morgan fingerprint density at radius 3 is 2.85 bits per heavy atom. The summed E-state index contributed by atoms with van der Waals surface area (Å²) in [5.41, 5.74) is -0.230. The predicted molar refractivity (Wildman–Crippen MR) is 74.2 cm³/mol. The van der Waals surface area contributed by atoms with Crippen molar-refractivity contribution >= 4 is 16.9 Å². The lowest BCUT2D eigenvalue weighted by Gasteiger charge is -2.09. The molecule has 4 nitrogen and oxygen atoms in total. The van der Waals surface area contributed by atoms with Crippen LogP contribution >= 0.6 is 0 Å². The molecular weight excluding hydrogens is 261 g/mol. The molecule has 106 valence electrons. The molecule has 0 aliphatic rings. The molecule has 0 fully saturated rings. The number of hydrogen-bond acceptors (Lipinski definition) is 3. The molecule has 1 aromatic carbocycles. The molecule has 1 amide bonds. The first kappa shape index (κ1) is 14.2. The van der Waals surface area contributed by atoms with Gasteiger partial charge in [-0.05, 0) is 24.1 Å². The maximum atomic E-state index is 13.1. The predicted octanol–water partition coefficient (Wildman–Crippen LogP) is 2.71. The zero-order valence-corrected chi connectivity index (χ0v) is 11.4. The van der Waals surface area contributed by atoms with Gasteiger partial charge in [-0.1, -0.05) is 20.3 Å². The van der Waals surface area contributed by atoms with E-state index in [1.54, 1.807) is 0 Å². The zero-order chi connectivity index (χ0) is 14.7. The van der Waals surface area contributed by atoms with Gasteiger partial charge in [0.1, 0.15) is 11.4 Å². The van der Waals surface area contributed by atoms with Crippen LogP contribution in [-0.4, -0.2) is 12.5 Å². The van der Waals surface area contributed by atoms with Crippen molar-refractivity contribution in [1.29, 1.82) is 0 Å². The third-order valence-electron chi connectivity index (χ3n) is 3.22. The average molecular weight is 277 g/mol. The summed E-state index contributed by atoms with van der Waals surface area (Å²) in [5.74, 6) is -0.662. The van der Waals surface area contributed by atoms with E-state index in [-0.39, 0.29) is 16.7 Å². The van der Waals surface area contributed by atoms with Gasteiger partial charge in [0.25, 0.3) is 5.91 Å². The van der Waals surface area contributed by atoms with Gasteiger partial charge in [-0.25, -0.2) is 4.39 Å². The van der Waals surface area contributed by atoms with Crippen LogP contribution in [0.5, 0.6) is 0 Å². The highest BCUT2D eigenvalue weighted by Crippen LogP contribution is 2.13. The van der Waals surface area contributed by atoms with Gasteiger partial charge in [0.2, 0.25) is 0 Å². The summed E-state index contributed by atoms with van der Waals surface area (Å²) in [6, 6.07) is 4.72. The van der Waals surface area contributed by atoms with Crippen molar-refractivity contribution in [3.63, 3.8) is 0 Å². The highest BCUT2D eigenvalue weighted by Gasteiger charge is 2.13. The van der Waals surface area contributed by atoms with Gasteiger partial charge >= 0.3 is 0 Å². The highest BCUT2D eigenvalue weighted by atomic mass is 19.1. The summed E-state index contributed by atoms with van der Waals surface area (Å²) in [6.07, 6.45) is 0.946. The van der Waals surface area contributed by atoms with E-state index in [0.29, 0.717) is 12.5 Å². The van der Waals surface area contributed by atoms with E-state index in [0.717, 1.165) is 18.6 Å². The molecule has 5 heteroatoms. The van der Waals surface area contributed by atoms with Crippen LogP contribution in [0.3, 0.4) is 0 Å². The fourth-order valence-corrected chi connectivity index (χ4v) is 1.74. The van der Waals surface area contributed by atoms with Gasteiger partial charge in [0.05, 0.1) is 5.39 Å². The van der Waals surface area contributed by atoms with E-state index in [2.05, 4.69) is 5.32 Å². The van der Waals surface area contributed by atoms with Crippen molar-refractivity contribution in [3.05, 3.63) is 46.1 Å². The van der Waals surface area contributed by atoms with Crippen molar-refractivity contribution in [2.24, 2.45) is 5.92 Å². The molecule has 20 heavy (non-hydrogen) atoms. The standard InChI is InChI=1S/C15H16FNO3/c1-3-9(2)8-17-15(19)14-7-12(18)11-6-10(16)4-5-13(11)20-14/h4-7,9H,3,8H2,1-2H3,(H,17,19). The topological polar surface area (TPSA) is 59.3 Å². The molecule has 0 radical (unpaired) electrons. The van der Waals surface area contributed by atoms with Crippen LogP contribution in [0.4, 0.5) is 4.39 Å². The van der Waals surface area contributed by atoms with E-state index < -0.39 is 17.2 Å². The number of nitrogens with one attached hydrogen (secondary N) is 1. The van der Waals surface area contributed by atoms with E-state index in [1.807, 2.05) is 13.8 Å². The number of benzene rings is 1. The minimum absolute atomic E-state index is 0.0580. The van der Waals surface area contributed by atoms with Crippen LogP contribution in [0.1, 0.15) is 30.8 Å². The summed E-state index contributed by atoms with van der Waals surface area (Å²) in [5, 5.41) is 2.84. The monoisotopic (exact) mass is 277 g/mol. The first-order valence-corrected chi connectivity index (χ1v) is 6.53. The van der Waals surface area contributed by atoms with Crippen molar-refractivity contribution in [2.45, 2.75) is 20.3 Å². The second-order valence-electron chi connectivity index (χ2n) is 4.84. The summed E-state index contributed by atoms with van der Waals surface area (Å²) < 4.78 is 18.4. The summed E-state index contributed by atoms with van der Waals surface area (Å²) in [4.78, 5) is 23.8. The fourth-order valence-electron chi connectivity index (χ4n) is 1.74. The van der Waals surface area contributed by atoms with Gasteiger partial charge in [0, 0.05) is 12.6 Å². The smallest absolute Gasteiger partial charge is 0.287 e. The van der Waals surface area contributed by atoms with Crippen LogP contribution in [0.2, 0.25) is 0 Å². The Morgan fingerprint density at radius 1 is 1.40 bits per heavy atom. The number of amides is 1. The van der Waals surface area contributed by atoms with E-state index >= 15 is 0 Å². The molecule has 1 N–H and O–H groups in total. The zero-order valence-electron chi connectivity index (χ0n) is 11.4. The molecule has 1 aromatic heterocycles. The Hall–Kier alpha value is -2.17. The normalized spacial score (nSPS) is 12.3. The molecule has 2 aromatic rings. The molecule has 0 aliphatic heterocycles. The summed E-state index contributed by atoms with van der Waals surface area (Å²) in [7, 11) is 0. The minimum Gasteiger partial charge on any atom is -0.451 e. The van der Waals surface area contributed by atoms with Crippen LogP contribution in [0, 0.1) is 11.7 Å². The molecule has 0 bridgehead atoms. The maximum absolute atomic E-state index is 13.1. The quantitative estimate of drug-likeness (QED) is 0.934. The second kappa shape index (κ2) is 5.86. The lowest BCUT2D eigenvalue weighted by Crippen LogP contribution is -2.28. The summed E-state index contributed by atoms with van der Waals surface area (Å²) >= 11 is 0. The fraction of sp³-hybridized carbons (Fsp3) is 0.333. The second-order valence-corrected chi connectivity index (χ2v) is 4.84. The third kappa shape index (κ3) is 3.04. The van der Waals surface area contributed by atoms with Crippen LogP contribution in [-0.2, 0) is 0 Å². The Bertz CT molecular complexity index is 693. The summed E-state index contributed by atoms with van der Waals surface area (Å²) in [6.45, 7) is 4.56. The molecule has 0 spiro atoms. The Kier molecular flexibility index (Phi) is 4.17. The molecule has 0 aliphatic carbocycles. The van der Waals surface area contributed by atoms with Gasteiger partial charge in [-0.2, -0.15) is 0 Å². The first-order chi connectivity index (χ1) is 9.51. The van der Waals surface area contributed by atoms with Crippen molar-refractivity contribution in [3.8, 4) is 0 Å². The Morgan fingerprint density at radius 2 is 2.15 bits per heavy atom. The molecule has 0 saturated heterocycles. The van der Waals surface area contributed by atoms with E-state index in [1.165, 1.54) is 12.1 Å². The lowest BCUT2D eigenvalue weighted by atomic mass is 10.1. The SMILES string of the molecule is CCC(C)CNC(=O)c1cc(=O)c2cc(F)ccc2o1. The van der Waals surface area contributed by atoms with Crippen molar-refractivity contribution in [1.82, 2.24) is 5.32 Å². The largest absolute Gasteiger partial charge is 0.451 e. The lowest BCUT2D eigenvalue weighted by molar-refractivity contribution is 0.0920. The number of carbonyl (C=O) groups excluding carboxylic acids is 1. The number of fused-ring (bicyclic) bond motifs is 1. The maximum Gasteiger partial charge on any atom is 0.287 e. The van der Waals surface area contributed by atoms with E-state index in [4.69, 9.17) is 4.42 Å². The van der Waals surface area contributed by atoms with Gasteiger partial charge < -0.3 is 9.73 Å². The Balaban J connectivity index is 2.29. The molecule has 1 unspecified atom stereocenters. The van der Waals surface area contributed by atoms with Gasteiger partial charge in [-0.15, -0.1) is 0 Å². The van der Waals surface area contributed by atoms with Gasteiger partial charge in [0.15, 0.2) is 11.2 Å². The number of carbonyl (C=O) groups is 1. The van der Waals surface area contributed by atoms with E-state index in [9.17, 15) is 14.0 Å². The molecule has 1 heterocycles. The van der Waals surface area contributed by atoms with Crippen LogP contribution in [0.25, 0.3) is 11.0 Å². The number of rotatable bonds is 4. The molecule has 2 rings (SSSR count). The molecule has 1 atom stereocenters. The van der Waals surface area contributed by atoms with Crippen molar-refractivity contribution < 1.29 is 13.6 Å². The van der Waals surface area contributed by atoms with Gasteiger partial charge in [-0.3, -0.25) is 9.59 Å². The van der Waals surface area contributed by atoms with Crippen LogP contribution < -0.4 is 10.7 Å². The highest BCUT2D eigenvalue weighted by molar-refractivity contribution is 5.93. The van der Waals surface area contributed by atoms with Crippen LogP contribution in [0.15, 0.2) is 33.5 Å². The molecule has 0 saturated carbocycles. The minimum atomic E-state index is -0.515. The third-order valence-corrected chi connectivity index (χ3v) is 3.22.